The zero-order valence-electron chi connectivity index (χ0n) is 18.3. The van der Waals surface area contributed by atoms with Crippen molar-refractivity contribution in [2.24, 2.45) is 0 Å². The molecule has 3 aromatic rings. The SMILES string of the molecule is O=C1SC(=Cc2ccc3c(cnn3Cc3ccc(F)cc3C(F)(F)F)c2)C(=O)N1C1CCCNC1. The lowest BCUT2D eigenvalue weighted by Crippen LogP contribution is -2.47. The molecule has 11 heteroatoms. The van der Waals surface area contributed by atoms with E-state index in [2.05, 4.69) is 10.4 Å². The van der Waals surface area contributed by atoms with Crippen LogP contribution in [-0.4, -0.2) is 45.0 Å². The lowest BCUT2D eigenvalue weighted by molar-refractivity contribution is -0.138. The van der Waals surface area contributed by atoms with Crippen LogP contribution >= 0.6 is 11.8 Å². The molecule has 2 amide bonds. The van der Waals surface area contributed by atoms with E-state index < -0.39 is 17.6 Å². The van der Waals surface area contributed by atoms with Crippen molar-refractivity contribution in [2.45, 2.75) is 31.6 Å². The second-order valence-corrected chi connectivity index (χ2v) is 9.46. The predicted octanol–water partition coefficient (Wildman–Crippen LogP) is 5.03. The van der Waals surface area contributed by atoms with Crippen molar-refractivity contribution in [3.63, 3.8) is 0 Å². The van der Waals surface area contributed by atoms with Gasteiger partial charge in [-0.1, -0.05) is 12.1 Å². The fourth-order valence-corrected chi connectivity index (χ4v) is 5.33. The van der Waals surface area contributed by atoms with E-state index in [0.717, 1.165) is 43.3 Å². The number of benzene rings is 2. The highest BCUT2D eigenvalue weighted by Crippen LogP contribution is 2.36. The Balaban J connectivity index is 1.40. The quantitative estimate of drug-likeness (QED) is 0.399. The third-order valence-electron chi connectivity index (χ3n) is 6.12. The summed E-state index contributed by atoms with van der Waals surface area (Å²) in [6, 6.07) is 7.59. The Labute approximate surface area is 202 Å². The molecule has 182 valence electrons. The molecule has 2 fully saturated rings. The van der Waals surface area contributed by atoms with E-state index in [1.165, 1.54) is 15.8 Å². The van der Waals surface area contributed by atoms with Gasteiger partial charge >= 0.3 is 6.18 Å². The molecule has 0 aliphatic carbocycles. The van der Waals surface area contributed by atoms with Crippen LogP contribution in [0, 0.1) is 5.82 Å². The molecule has 2 aliphatic rings. The van der Waals surface area contributed by atoms with E-state index in [1.54, 1.807) is 24.3 Å². The zero-order valence-corrected chi connectivity index (χ0v) is 19.1. The van der Waals surface area contributed by atoms with Crippen molar-refractivity contribution >= 4 is 39.9 Å². The topological polar surface area (TPSA) is 67.2 Å². The van der Waals surface area contributed by atoms with Crippen molar-refractivity contribution in [2.75, 3.05) is 13.1 Å². The maximum Gasteiger partial charge on any atom is 0.416 e. The predicted molar refractivity (Wildman–Crippen MR) is 124 cm³/mol. The first-order valence-corrected chi connectivity index (χ1v) is 11.8. The molecule has 1 unspecified atom stereocenters. The minimum absolute atomic E-state index is 0.0983. The van der Waals surface area contributed by atoms with Crippen molar-refractivity contribution < 1.29 is 27.2 Å². The number of amides is 2. The Morgan fingerprint density at radius 1 is 1.17 bits per heavy atom. The number of carbonyl (C=O) groups is 2. The summed E-state index contributed by atoms with van der Waals surface area (Å²) >= 11 is 0.900. The summed E-state index contributed by atoms with van der Waals surface area (Å²) in [5, 5.41) is 7.78. The number of hydrogen-bond donors (Lipinski definition) is 1. The number of imide groups is 1. The fraction of sp³-hybridized carbons (Fsp3) is 0.292. The summed E-state index contributed by atoms with van der Waals surface area (Å²) in [5.41, 5.74) is 0.114. The third kappa shape index (κ3) is 4.70. The average Bonchev–Trinajstić information content (AvgIpc) is 3.34. The molecule has 0 radical (unpaired) electrons. The Morgan fingerprint density at radius 3 is 2.74 bits per heavy atom. The molecule has 2 saturated heterocycles. The van der Waals surface area contributed by atoms with Crippen LogP contribution in [0.5, 0.6) is 0 Å². The smallest absolute Gasteiger partial charge is 0.315 e. The van der Waals surface area contributed by atoms with Gasteiger partial charge in [0.05, 0.1) is 34.8 Å². The highest BCUT2D eigenvalue weighted by molar-refractivity contribution is 8.18. The Morgan fingerprint density at radius 2 is 2.00 bits per heavy atom. The molecule has 2 aliphatic heterocycles. The van der Waals surface area contributed by atoms with Crippen LogP contribution in [0.3, 0.4) is 0 Å². The van der Waals surface area contributed by atoms with Crippen LogP contribution in [0.25, 0.3) is 17.0 Å². The first kappa shape index (κ1) is 23.6. The molecule has 5 rings (SSSR count). The number of carbonyl (C=O) groups excluding carboxylic acids is 2. The van der Waals surface area contributed by atoms with E-state index in [1.807, 2.05) is 0 Å². The maximum atomic E-state index is 13.4. The van der Waals surface area contributed by atoms with E-state index in [-0.39, 0.29) is 29.3 Å². The molecule has 2 aromatic carbocycles. The summed E-state index contributed by atoms with van der Waals surface area (Å²) in [6.45, 7) is 1.27. The average molecular weight is 505 g/mol. The molecule has 1 atom stereocenters. The van der Waals surface area contributed by atoms with Gasteiger partial charge in [-0.3, -0.25) is 19.2 Å². The Bertz CT molecular complexity index is 1350. The van der Waals surface area contributed by atoms with Crippen LogP contribution in [0.1, 0.15) is 29.5 Å². The first-order valence-electron chi connectivity index (χ1n) is 11.0. The van der Waals surface area contributed by atoms with Gasteiger partial charge in [0.1, 0.15) is 5.82 Å². The summed E-state index contributed by atoms with van der Waals surface area (Å²) in [6.07, 6.45) is 0.134. The van der Waals surface area contributed by atoms with Gasteiger partial charge in [0, 0.05) is 11.9 Å². The van der Waals surface area contributed by atoms with Gasteiger partial charge in [-0.2, -0.15) is 18.3 Å². The Kier molecular flexibility index (Phi) is 6.14. The summed E-state index contributed by atoms with van der Waals surface area (Å²) < 4.78 is 54.9. The van der Waals surface area contributed by atoms with Crippen LogP contribution in [-0.2, 0) is 17.5 Å². The number of nitrogens with one attached hydrogen (secondary N) is 1. The highest BCUT2D eigenvalue weighted by atomic mass is 32.2. The molecule has 35 heavy (non-hydrogen) atoms. The normalized spacial score (nSPS) is 20.4. The number of fused-ring (bicyclic) bond motifs is 1. The van der Waals surface area contributed by atoms with Crippen LogP contribution in [0.15, 0.2) is 47.5 Å². The zero-order chi connectivity index (χ0) is 24.7. The van der Waals surface area contributed by atoms with Gasteiger partial charge in [0.15, 0.2) is 0 Å². The monoisotopic (exact) mass is 504 g/mol. The molecular weight excluding hydrogens is 484 g/mol. The van der Waals surface area contributed by atoms with E-state index in [9.17, 15) is 27.2 Å². The highest BCUT2D eigenvalue weighted by Gasteiger charge is 2.40. The van der Waals surface area contributed by atoms with E-state index >= 15 is 0 Å². The van der Waals surface area contributed by atoms with Gasteiger partial charge in [0.25, 0.3) is 11.1 Å². The van der Waals surface area contributed by atoms with Gasteiger partial charge < -0.3 is 5.32 Å². The van der Waals surface area contributed by atoms with Crippen LogP contribution < -0.4 is 5.32 Å². The molecular formula is C24H20F4N4O2S. The van der Waals surface area contributed by atoms with Gasteiger partial charge in [0.2, 0.25) is 0 Å². The number of halogens is 4. The van der Waals surface area contributed by atoms with Crippen LogP contribution in [0.4, 0.5) is 22.4 Å². The molecule has 0 bridgehead atoms. The largest absolute Gasteiger partial charge is 0.416 e. The number of piperidine rings is 1. The minimum atomic E-state index is -4.69. The number of nitrogens with zero attached hydrogens (tertiary/aromatic N) is 3. The summed E-state index contributed by atoms with van der Waals surface area (Å²) in [4.78, 5) is 27.0. The number of rotatable bonds is 4. The number of hydrogen-bond acceptors (Lipinski definition) is 5. The van der Waals surface area contributed by atoms with Crippen molar-refractivity contribution in [3.05, 3.63) is 70.0 Å². The lowest BCUT2D eigenvalue weighted by Gasteiger charge is -2.29. The third-order valence-corrected chi connectivity index (χ3v) is 7.00. The van der Waals surface area contributed by atoms with E-state index in [4.69, 9.17) is 0 Å². The molecule has 0 spiro atoms. The van der Waals surface area contributed by atoms with E-state index in [0.29, 0.717) is 34.0 Å². The second-order valence-electron chi connectivity index (χ2n) is 8.47. The molecule has 1 aromatic heterocycles. The van der Waals surface area contributed by atoms with Crippen LogP contribution in [0.2, 0.25) is 0 Å². The number of thioether (sulfide) groups is 1. The summed E-state index contributed by atoms with van der Waals surface area (Å²) in [5.74, 6) is -1.28. The second kappa shape index (κ2) is 9.12. The van der Waals surface area contributed by atoms with Crippen molar-refractivity contribution in [3.8, 4) is 0 Å². The minimum Gasteiger partial charge on any atom is -0.315 e. The van der Waals surface area contributed by atoms with Gasteiger partial charge in [-0.05, 0) is 72.6 Å². The summed E-state index contributed by atoms with van der Waals surface area (Å²) in [7, 11) is 0. The number of aromatic nitrogens is 2. The van der Waals surface area contributed by atoms with Crippen molar-refractivity contribution in [1.29, 1.82) is 0 Å². The first-order chi connectivity index (χ1) is 16.7. The molecule has 1 N–H and O–H groups in total. The standard InChI is InChI=1S/C24H20F4N4O2S/c25-17-5-4-15(19(10-17)24(26,27)28)13-31-20-6-3-14(8-16(20)11-30-31)9-21-22(33)32(23(34)35-21)18-2-1-7-29-12-18/h3-6,8-11,18,29H,1-2,7,12-13H2. The van der Waals surface area contributed by atoms with Gasteiger partial charge in [-0.15, -0.1) is 0 Å². The van der Waals surface area contributed by atoms with Crippen molar-refractivity contribution in [1.82, 2.24) is 20.0 Å². The molecule has 0 saturated carbocycles. The molecule has 3 heterocycles. The lowest BCUT2D eigenvalue weighted by atomic mass is 10.1. The number of alkyl halides is 3. The maximum absolute atomic E-state index is 13.4. The van der Waals surface area contributed by atoms with Gasteiger partial charge in [-0.25, -0.2) is 4.39 Å². The molecule has 6 nitrogen and oxygen atoms in total. The Hall–Kier alpha value is -3.18. The fourth-order valence-electron chi connectivity index (χ4n) is 4.43.